The summed E-state index contributed by atoms with van der Waals surface area (Å²) < 4.78 is 5.82. The molecule has 0 spiro atoms. The number of rotatable bonds is 7. The molecule has 0 aromatic carbocycles. The van der Waals surface area contributed by atoms with Crippen LogP contribution in [0.2, 0.25) is 0 Å². The molecule has 24 heavy (non-hydrogen) atoms. The molecule has 1 saturated heterocycles. The van der Waals surface area contributed by atoms with Crippen molar-refractivity contribution < 1.29 is 4.74 Å². The molecule has 2 heterocycles. The van der Waals surface area contributed by atoms with E-state index in [1.807, 2.05) is 18.4 Å². The lowest BCUT2D eigenvalue weighted by atomic mass is 9.91. The lowest BCUT2D eigenvalue weighted by molar-refractivity contribution is 0.0782. The van der Waals surface area contributed by atoms with Crippen LogP contribution in [0.1, 0.15) is 38.5 Å². The van der Waals surface area contributed by atoms with Gasteiger partial charge in [0, 0.05) is 48.4 Å². The van der Waals surface area contributed by atoms with Crippen molar-refractivity contribution in [2.75, 3.05) is 39.1 Å². The quantitative estimate of drug-likeness (QED) is 0.570. The molecular weight excluding hydrogens is 338 g/mol. The number of hydrogen-bond acceptors (Lipinski definition) is 4. The molecule has 2 rings (SSSR count). The molecule has 2 N–H and O–H groups in total. The van der Waals surface area contributed by atoms with Gasteiger partial charge < -0.3 is 15.4 Å². The Kier molecular flexibility index (Phi) is 7.44. The molecule has 1 aromatic heterocycles. The minimum Gasteiger partial charge on any atom is -0.381 e. The number of guanidine groups is 1. The largest absolute Gasteiger partial charge is 0.381 e. The van der Waals surface area contributed by atoms with Crippen LogP contribution in [-0.2, 0) is 10.2 Å². The molecular formula is C18H31N3OS2. The first-order valence-corrected chi connectivity index (χ1v) is 10.6. The van der Waals surface area contributed by atoms with Gasteiger partial charge in [-0.25, -0.2) is 0 Å². The van der Waals surface area contributed by atoms with Gasteiger partial charge in [0.15, 0.2) is 5.96 Å². The van der Waals surface area contributed by atoms with E-state index in [0.29, 0.717) is 0 Å². The summed E-state index contributed by atoms with van der Waals surface area (Å²) in [6.07, 6.45) is 2.21. The van der Waals surface area contributed by atoms with Gasteiger partial charge in [-0.15, -0.1) is 11.3 Å². The number of ether oxygens (including phenoxy) is 1. The molecule has 6 heteroatoms. The van der Waals surface area contributed by atoms with Gasteiger partial charge in [-0.1, -0.05) is 26.8 Å². The van der Waals surface area contributed by atoms with E-state index in [1.165, 1.54) is 4.88 Å². The van der Waals surface area contributed by atoms with E-state index < -0.39 is 0 Å². The van der Waals surface area contributed by atoms with E-state index in [-0.39, 0.29) is 10.2 Å². The summed E-state index contributed by atoms with van der Waals surface area (Å²) in [5.74, 6) is 2.03. The van der Waals surface area contributed by atoms with Crippen LogP contribution in [-0.4, -0.2) is 49.8 Å². The molecule has 0 radical (unpaired) electrons. The lowest BCUT2D eigenvalue weighted by Gasteiger charge is -2.37. The zero-order chi connectivity index (χ0) is 17.5. The fourth-order valence-corrected chi connectivity index (χ4v) is 5.04. The molecule has 1 fully saturated rings. The third-order valence-corrected chi connectivity index (χ3v) is 7.23. The van der Waals surface area contributed by atoms with Crippen molar-refractivity contribution in [3.05, 3.63) is 22.4 Å². The van der Waals surface area contributed by atoms with E-state index in [1.54, 1.807) is 0 Å². The summed E-state index contributed by atoms with van der Waals surface area (Å²) >= 11 is 3.86. The molecule has 1 aliphatic rings. The van der Waals surface area contributed by atoms with Gasteiger partial charge in [-0.05, 0) is 30.0 Å². The fraction of sp³-hybridized carbons (Fsp3) is 0.722. The van der Waals surface area contributed by atoms with Gasteiger partial charge >= 0.3 is 0 Å². The second kappa shape index (κ2) is 9.11. The van der Waals surface area contributed by atoms with Gasteiger partial charge in [0.25, 0.3) is 0 Å². The third kappa shape index (κ3) is 5.39. The van der Waals surface area contributed by atoms with Crippen molar-refractivity contribution in [2.24, 2.45) is 4.99 Å². The average molecular weight is 370 g/mol. The van der Waals surface area contributed by atoms with Gasteiger partial charge in [-0.3, -0.25) is 4.99 Å². The highest BCUT2D eigenvalue weighted by atomic mass is 32.2. The first-order chi connectivity index (χ1) is 11.5. The van der Waals surface area contributed by atoms with Crippen LogP contribution in [0.3, 0.4) is 0 Å². The maximum Gasteiger partial charge on any atom is 0.191 e. The van der Waals surface area contributed by atoms with E-state index in [0.717, 1.165) is 50.9 Å². The number of thioether (sulfide) groups is 1. The standard InChI is InChI=1S/C18H31N3OS2/c1-5-24-18(8-10-22-11-9-18)14-21-16(19-4)20-13-17(2,3)15-7-6-12-23-15/h6-7,12H,5,8-11,13-14H2,1-4H3,(H2,19,20,21). The molecule has 0 saturated carbocycles. The lowest BCUT2D eigenvalue weighted by Crippen LogP contribution is -2.49. The number of aliphatic imine (C=N–C) groups is 1. The van der Waals surface area contributed by atoms with Crippen LogP contribution >= 0.6 is 23.1 Å². The Bertz CT molecular complexity index is 503. The molecule has 136 valence electrons. The molecule has 1 aromatic rings. The second-order valence-corrected chi connectivity index (χ2v) is 9.55. The normalized spacial score (nSPS) is 18.4. The summed E-state index contributed by atoms with van der Waals surface area (Å²) in [5, 5.41) is 9.19. The van der Waals surface area contributed by atoms with Crippen molar-refractivity contribution in [2.45, 2.75) is 43.8 Å². The topological polar surface area (TPSA) is 45.7 Å². The summed E-state index contributed by atoms with van der Waals surface area (Å²) in [5.41, 5.74) is 0.0975. The van der Waals surface area contributed by atoms with Gasteiger partial charge in [-0.2, -0.15) is 11.8 Å². The van der Waals surface area contributed by atoms with Crippen molar-refractivity contribution in [3.63, 3.8) is 0 Å². The molecule has 0 unspecified atom stereocenters. The maximum absolute atomic E-state index is 5.55. The van der Waals surface area contributed by atoms with Gasteiger partial charge in [0.2, 0.25) is 0 Å². The monoisotopic (exact) mass is 369 g/mol. The van der Waals surface area contributed by atoms with E-state index in [2.05, 4.69) is 65.7 Å². The summed E-state index contributed by atoms with van der Waals surface area (Å²) in [7, 11) is 1.84. The Morgan fingerprint density at radius 2 is 2.12 bits per heavy atom. The second-order valence-electron chi connectivity index (χ2n) is 6.87. The highest BCUT2D eigenvalue weighted by molar-refractivity contribution is 8.00. The Balaban J connectivity index is 1.87. The van der Waals surface area contributed by atoms with Crippen molar-refractivity contribution >= 4 is 29.1 Å². The van der Waals surface area contributed by atoms with Crippen LogP contribution in [0, 0.1) is 0 Å². The smallest absolute Gasteiger partial charge is 0.191 e. The number of nitrogens with zero attached hydrogens (tertiary/aromatic N) is 1. The first-order valence-electron chi connectivity index (χ1n) is 8.71. The Morgan fingerprint density at radius 3 is 2.71 bits per heavy atom. The molecule has 0 aliphatic carbocycles. The molecule has 1 aliphatic heterocycles. The highest BCUT2D eigenvalue weighted by Crippen LogP contribution is 2.34. The van der Waals surface area contributed by atoms with E-state index in [9.17, 15) is 0 Å². The van der Waals surface area contributed by atoms with Crippen LogP contribution in [0.15, 0.2) is 22.5 Å². The van der Waals surface area contributed by atoms with E-state index in [4.69, 9.17) is 4.74 Å². The van der Waals surface area contributed by atoms with Crippen LogP contribution in [0.25, 0.3) is 0 Å². The molecule has 0 bridgehead atoms. The Hall–Kier alpha value is -0.720. The van der Waals surface area contributed by atoms with Crippen molar-refractivity contribution in [1.82, 2.24) is 10.6 Å². The molecule has 0 atom stereocenters. The van der Waals surface area contributed by atoms with Crippen molar-refractivity contribution in [1.29, 1.82) is 0 Å². The maximum atomic E-state index is 5.55. The summed E-state index contributed by atoms with van der Waals surface area (Å²) in [6, 6.07) is 4.32. The minimum absolute atomic E-state index is 0.0975. The SMILES string of the molecule is CCSC1(CNC(=NC)NCC(C)(C)c2cccs2)CCOCC1. The fourth-order valence-electron chi connectivity index (χ4n) is 2.94. The average Bonchev–Trinajstić information content (AvgIpc) is 3.11. The predicted molar refractivity (Wildman–Crippen MR) is 108 cm³/mol. The van der Waals surface area contributed by atoms with E-state index >= 15 is 0 Å². The molecule has 0 amide bonds. The zero-order valence-electron chi connectivity index (χ0n) is 15.4. The predicted octanol–water partition coefficient (Wildman–Crippen LogP) is 3.49. The number of thiophene rings is 1. The number of hydrogen-bond donors (Lipinski definition) is 2. The molecule has 4 nitrogen and oxygen atoms in total. The zero-order valence-corrected chi connectivity index (χ0v) is 17.0. The number of nitrogens with one attached hydrogen (secondary N) is 2. The minimum atomic E-state index is 0.0975. The Morgan fingerprint density at radius 1 is 1.38 bits per heavy atom. The van der Waals surface area contributed by atoms with Gasteiger partial charge in [0.1, 0.15) is 0 Å². The first kappa shape index (κ1) is 19.6. The third-order valence-electron chi connectivity index (χ3n) is 4.54. The van der Waals surface area contributed by atoms with Crippen LogP contribution in [0.5, 0.6) is 0 Å². The van der Waals surface area contributed by atoms with Crippen LogP contribution < -0.4 is 10.6 Å². The van der Waals surface area contributed by atoms with Crippen LogP contribution in [0.4, 0.5) is 0 Å². The highest BCUT2D eigenvalue weighted by Gasteiger charge is 2.33. The summed E-state index contributed by atoms with van der Waals surface area (Å²) in [4.78, 5) is 5.80. The Labute approximate surface area is 154 Å². The van der Waals surface area contributed by atoms with Crippen molar-refractivity contribution in [3.8, 4) is 0 Å². The summed E-state index contributed by atoms with van der Waals surface area (Å²) in [6.45, 7) is 10.3. The van der Waals surface area contributed by atoms with Gasteiger partial charge in [0.05, 0.1) is 0 Å².